The maximum Gasteiger partial charge on any atom is 0.256 e. The number of halogens is 1. The Kier molecular flexibility index (Phi) is 5.71. The van der Waals surface area contributed by atoms with Crippen LogP contribution >= 0.6 is 0 Å². The normalized spacial score (nSPS) is 16.0. The Hall–Kier alpha value is -2.93. The molecule has 142 valence electrons. The first-order valence-electron chi connectivity index (χ1n) is 8.90. The van der Waals surface area contributed by atoms with Crippen LogP contribution in [-0.2, 0) is 4.79 Å². The van der Waals surface area contributed by atoms with E-state index in [1.54, 1.807) is 48.2 Å². The van der Waals surface area contributed by atoms with Gasteiger partial charge in [0.1, 0.15) is 5.82 Å². The van der Waals surface area contributed by atoms with Crippen LogP contribution in [0.3, 0.4) is 0 Å². The summed E-state index contributed by atoms with van der Waals surface area (Å²) in [4.78, 5) is 28.8. The lowest BCUT2D eigenvalue weighted by Gasteiger charge is -2.37. The number of nitrogens with two attached hydrogens (primary N) is 1. The first kappa shape index (κ1) is 18.8. The Bertz CT molecular complexity index is 834. The van der Waals surface area contributed by atoms with Gasteiger partial charge in [0.05, 0.1) is 11.6 Å². The molecule has 1 aliphatic heterocycles. The summed E-state index contributed by atoms with van der Waals surface area (Å²) in [6, 6.07) is 12.4. The zero-order valence-electron chi connectivity index (χ0n) is 15.2. The van der Waals surface area contributed by atoms with Crippen LogP contribution in [-0.4, -0.2) is 53.8 Å². The summed E-state index contributed by atoms with van der Waals surface area (Å²) >= 11 is 0. The molecule has 0 bridgehead atoms. The average Bonchev–Trinajstić information content (AvgIpc) is 2.67. The Balaban J connectivity index is 1.56. The highest BCUT2D eigenvalue weighted by Gasteiger charge is 2.28. The molecule has 1 fully saturated rings. The minimum Gasteiger partial charge on any atom is -0.398 e. The van der Waals surface area contributed by atoms with E-state index >= 15 is 0 Å². The minimum atomic E-state index is -0.396. The molecule has 0 aliphatic carbocycles. The molecule has 0 aromatic heterocycles. The molecule has 0 spiro atoms. The second-order valence-electron chi connectivity index (χ2n) is 6.59. The van der Waals surface area contributed by atoms with Crippen molar-refractivity contribution in [3.63, 3.8) is 0 Å². The summed E-state index contributed by atoms with van der Waals surface area (Å²) in [6.07, 6.45) is 0. The van der Waals surface area contributed by atoms with Gasteiger partial charge in [-0.25, -0.2) is 4.39 Å². The van der Waals surface area contributed by atoms with Gasteiger partial charge in [0.25, 0.3) is 5.91 Å². The van der Waals surface area contributed by atoms with E-state index in [1.165, 1.54) is 12.1 Å². The number of anilines is 2. The van der Waals surface area contributed by atoms with Crippen LogP contribution in [0, 0.1) is 5.82 Å². The van der Waals surface area contributed by atoms with E-state index in [0.29, 0.717) is 43.1 Å². The molecule has 3 rings (SSSR count). The van der Waals surface area contributed by atoms with Crippen LogP contribution in [0.4, 0.5) is 15.8 Å². The van der Waals surface area contributed by atoms with Crippen molar-refractivity contribution in [2.45, 2.75) is 13.0 Å². The molecular weight excluding hydrogens is 347 g/mol. The third-order valence-corrected chi connectivity index (χ3v) is 4.81. The number of amides is 2. The number of rotatable bonds is 4. The number of nitrogens with zero attached hydrogens (tertiary/aromatic N) is 2. The summed E-state index contributed by atoms with van der Waals surface area (Å²) < 4.78 is 13.3. The fourth-order valence-corrected chi connectivity index (χ4v) is 3.15. The average molecular weight is 370 g/mol. The number of benzene rings is 2. The number of nitrogen functional groups attached to an aromatic ring is 1. The smallest absolute Gasteiger partial charge is 0.256 e. The zero-order valence-corrected chi connectivity index (χ0v) is 15.2. The van der Waals surface area contributed by atoms with Crippen LogP contribution in [0.2, 0.25) is 0 Å². The van der Waals surface area contributed by atoms with Crippen LogP contribution < -0.4 is 11.1 Å². The van der Waals surface area contributed by atoms with E-state index < -0.39 is 5.82 Å². The molecule has 2 amide bonds. The van der Waals surface area contributed by atoms with Gasteiger partial charge >= 0.3 is 0 Å². The lowest BCUT2D eigenvalue weighted by atomic mass is 10.1. The summed E-state index contributed by atoms with van der Waals surface area (Å²) in [5.41, 5.74) is 7.29. The van der Waals surface area contributed by atoms with Crippen molar-refractivity contribution in [1.29, 1.82) is 0 Å². The van der Waals surface area contributed by atoms with Gasteiger partial charge < -0.3 is 16.0 Å². The van der Waals surface area contributed by atoms with E-state index in [-0.39, 0.29) is 17.9 Å². The zero-order chi connectivity index (χ0) is 19.4. The van der Waals surface area contributed by atoms with E-state index in [1.807, 2.05) is 4.90 Å². The van der Waals surface area contributed by atoms with Crippen molar-refractivity contribution >= 4 is 23.2 Å². The highest BCUT2D eigenvalue weighted by molar-refractivity contribution is 5.99. The Morgan fingerprint density at radius 3 is 2.44 bits per heavy atom. The van der Waals surface area contributed by atoms with Crippen molar-refractivity contribution in [2.75, 3.05) is 37.2 Å². The maximum absolute atomic E-state index is 13.3. The van der Waals surface area contributed by atoms with Crippen LogP contribution in [0.5, 0.6) is 0 Å². The van der Waals surface area contributed by atoms with Crippen molar-refractivity contribution < 1.29 is 14.0 Å². The second kappa shape index (κ2) is 8.18. The number of carbonyl (C=O) groups is 2. The van der Waals surface area contributed by atoms with Gasteiger partial charge in [-0.3, -0.25) is 14.5 Å². The van der Waals surface area contributed by atoms with E-state index in [9.17, 15) is 14.0 Å². The van der Waals surface area contributed by atoms with E-state index in [4.69, 9.17) is 5.73 Å². The number of hydrogen-bond donors (Lipinski definition) is 2. The van der Waals surface area contributed by atoms with Crippen molar-refractivity contribution in [3.8, 4) is 0 Å². The van der Waals surface area contributed by atoms with Gasteiger partial charge in [0, 0.05) is 37.6 Å². The fraction of sp³-hybridized carbons (Fsp3) is 0.300. The Labute approximate surface area is 157 Å². The van der Waals surface area contributed by atoms with Gasteiger partial charge in [-0.15, -0.1) is 0 Å². The predicted octanol–water partition coefficient (Wildman–Crippen LogP) is 2.19. The molecule has 1 atom stereocenters. The lowest BCUT2D eigenvalue weighted by Crippen LogP contribution is -2.54. The molecule has 2 aromatic rings. The molecule has 2 aromatic carbocycles. The first-order chi connectivity index (χ1) is 13.0. The van der Waals surface area contributed by atoms with Crippen molar-refractivity contribution in [1.82, 2.24) is 9.80 Å². The van der Waals surface area contributed by atoms with Crippen molar-refractivity contribution in [3.05, 3.63) is 59.9 Å². The first-order valence-corrected chi connectivity index (χ1v) is 8.90. The number of hydrogen-bond acceptors (Lipinski definition) is 4. The standard InChI is InChI=1S/C20H23FN4O2/c1-14(19(26)23-16-6-4-5-15(21)13-16)24-9-11-25(12-10-24)20(27)17-7-2-3-8-18(17)22/h2-8,13-14H,9-12,22H2,1H3,(H,23,26). The Morgan fingerprint density at radius 2 is 1.78 bits per heavy atom. The summed E-state index contributed by atoms with van der Waals surface area (Å²) in [7, 11) is 0. The topological polar surface area (TPSA) is 78.7 Å². The molecule has 1 saturated heterocycles. The fourth-order valence-electron chi connectivity index (χ4n) is 3.15. The van der Waals surface area contributed by atoms with Crippen LogP contribution in [0.15, 0.2) is 48.5 Å². The lowest BCUT2D eigenvalue weighted by molar-refractivity contribution is -0.121. The van der Waals surface area contributed by atoms with E-state index in [0.717, 1.165) is 0 Å². The third kappa shape index (κ3) is 4.43. The monoisotopic (exact) mass is 370 g/mol. The van der Waals surface area contributed by atoms with Crippen LogP contribution in [0.25, 0.3) is 0 Å². The highest BCUT2D eigenvalue weighted by Crippen LogP contribution is 2.17. The SMILES string of the molecule is CC(C(=O)Nc1cccc(F)c1)N1CCN(C(=O)c2ccccc2N)CC1. The summed E-state index contributed by atoms with van der Waals surface area (Å²) in [6.45, 7) is 4.00. The largest absolute Gasteiger partial charge is 0.398 e. The van der Waals surface area contributed by atoms with Crippen LogP contribution in [0.1, 0.15) is 17.3 Å². The molecule has 7 heteroatoms. The summed E-state index contributed by atoms with van der Waals surface area (Å²) in [5, 5.41) is 2.73. The second-order valence-corrected chi connectivity index (χ2v) is 6.59. The quantitative estimate of drug-likeness (QED) is 0.809. The molecule has 1 unspecified atom stereocenters. The molecule has 0 saturated carbocycles. The van der Waals surface area contributed by atoms with Gasteiger partial charge in [0.2, 0.25) is 5.91 Å². The maximum atomic E-state index is 13.3. The number of para-hydroxylation sites is 1. The molecular formula is C20H23FN4O2. The van der Waals surface area contributed by atoms with Gasteiger partial charge in [-0.1, -0.05) is 18.2 Å². The molecule has 27 heavy (non-hydrogen) atoms. The van der Waals surface area contributed by atoms with Gasteiger partial charge in [0.15, 0.2) is 0 Å². The van der Waals surface area contributed by atoms with Gasteiger partial charge in [-0.05, 0) is 37.3 Å². The molecule has 1 aliphatic rings. The molecule has 3 N–H and O–H groups in total. The number of piperazine rings is 1. The Morgan fingerprint density at radius 1 is 1.07 bits per heavy atom. The minimum absolute atomic E-state index is 0.0929. The van der Waals surface area contributed by atoms with Gasteiger partial charge in [-0.2, -0.15) is 0 Å². The third-order valence-electron chi connectivity index (χ3n) is 4.81. The van der Waals surface area contributed by atoms with E-state index in [2.05, 4.69) is 5.32 Å². The highest BCUT2D eigenvalue weighted by atomic mass is 19.1. The number of carbonyl (C=O) groups excluding carboxylic acids is 2. The molecule has 0 radical (unpaired) electrons. The molecule has 6 nitrogen and oxygen atoms in total. The molecule has 1 heterocycles. The summed E-state index contributed by atoms with van der Waals surface area (Å²) in [5.74, 6) is -0.690. The number of nitrogens with one attached hydrogen (secondary N) is 1. The predicted molar refractivity (Wildman–Crippen MR) is 103 cm³/mol. The van der Waals surface area contributed by atoms with Crippen molar-refractivity contribution in [2.24, 2.45) is 0 Å².